The topological polar surface area (TPSA) is 43.4 Å². The fourth-order valence-electron chi connectivity index (χ4n) is 1.62. The molecule has 0 spiro atoms. The van der Waals surface area contributed by atoms with Gasteiger partial charge in [0.15, 0.2) is 0 Å². The van der Waals surface area contributed by atoms with Crippen molar-refractivity contribution in [2.75, 3.05) is 7.11 Å². The summed E-state index contributed by atoms with van der Waals surface area (Å²) >= 11 is 1.68. The highest BCUT2D eigenvalue weighted by molar-refractivity contribution is 8.00. The van der Waals surface area contributed by atoms with E-state index in [0.717, 1.165) is 0 Å². The zero-order valence-corrected chi connectivity index (χ0v) is 8.89. The van der Waals surface area contributed by atoms with Crippen LogP contribution in [0.5, 0.6) is 0 Å². The number of hydrogen-bond donors (Lipinski definition) is 0. The maximum Gasteiger partial charge on any atom is 0.317 e. The number of ketones is 1. The van der Waals surface area contributed by atoms with Gasteiger partial charge < -0.3 is 4.74 Å². The number of hydrogen-bond acceptors (Lipinski definition) is 4. The molecular formula is C9H14O3S. The monoisotopic (exact) mass is 202 g/mol. The summed E-state index contributed by atoms with van der Waals surface area (Å²) in [6, 6.07) is 0. The largest absolute Gasteiger partial charge is 0.468 e. The fourth-order valence-corrected chi connectivity index (χ4v) is 3.03. The highest BCUT2D eigenvalue weighted by Gasteiger charge is 2.38. The Hall–Kier alpha value is -0.510. The van der Waals surface area contributed by atoms with Gasteiger partial charge in [-0.25, -0.2) is 0 Å². The van der Waals surface area contributed by atoms with E-state index in [-0.39, 0.29) is 11.0 Å². The lowest BCUT2D eigenvalue weighted by Gasteiger charge is -2.28. The Morgan fingerprint density at radius 3 is 2.62 bits per heavy atom. The van der Waals surface area contributed by atoms with Gasteiger partial charge in [-0.05, 0) is 0 Å². The summed E-state index contributed by atoms with van der Waals surface area (Å²) in [5, 5.41) is 0.368. The van der Waals surface area contributed by atoms with Crippen LogP contribution >= 0.6 is 11.8 Å². The Morgan fingerprint density at radius 2 is 2.15 bits per heavy atom. The average Bonchev–Trinajstić information content (AvgIpc) is 2.02. The molecule has 1 aliphatic rings. The van der Waals surface area contributed by atoms with Crippen molar-refractivity contribution in [2.45, 2.75) is 30.8 Å². The normalized spacial score (nSPS) is 34.4. The molecule has 3 atom stereocenters. The van der Waals surface area contributed by atoms with Crippen LogP contribution in [0, 0.1) is 5.92 Å². The van der Waals surface area contributed by atoms with Crippen LogP contribution in [0.2, 0.25) is 0 Å². The Bertz CT molecular complexity index is 227. The molecule has 0 radical (unpaired) electrons. The molecule has 4 heteroatoms. The van der Waals surface area contributed by atoms with E-state index in [1.807, 2.05) is 13.8 Å². The molecule has 3 nitrogen and oxygen atoms in total. The predicted octanol–water partition coefficient (Wildman–Crippen LogP) is 1.26. The molecule has 0 amide bonds. The minimum Gasteiger partial charge on any atom is -0.468 e. The van der Waals surface area contributed by atoms with Crippen LogP contribution in [0.25, 0.3) is 0 Å². The zero-order chi connectivity index (χ0) is 10.0. The molecule has 0 aliphatic carbocycles. The smallest absolute Gasteiger partial charge is 0.317 e. The van der Waals surface area contributed by atoms with E-state index in [1.54, 1.807) is 11.8 Å². The lowest BCUT2D eigenvalue weighted by molar-refractivity contribution is -0.149. The number of ether oxygens (including phenoxy) is 1. The van der Waals surface area contributed by atoms with Crippen LogP contribution in [-0.2, 0) is 14.3 Å². The lowest BCUT2D eigenvalue weighted by atomic mass is 9.96. The molecule has 1 saturated heterocycles. The van der Waals surface area contributed by atoms with Gasteiger partial charge in [0.05, 0.1) is 7.11 Å². The molecule has 1 heterocycles. The number of carbonyl (C=O) groups is 2. The molecule has 0 aromatic carbocycles. The minimum absolute atomic E-state index is 0.0191. The highest BCUT2D eigenvalue weighted by atomic mass is 32.2. The van der Waals surface area contributed by atoms with Crippen LogP contribution in [0.4, 0.5) is 0 Å². The van der Waals surface area contributed by atoms with Gasteiger partial charge in [0.2, 0.25) is 0 Å². The molecule has 13 heavy (non-hydrogen) atoms. The second kappa shape index (κ2) is 4.13. The van der Waals surface area contributed by atoms with Crippen LogP contribution < -0.4 is 0 Å². The van der Waals surface area contributed by atoms with Gasteiger partial charge in [0, 0.05) is 16.9 Å². The second-order valence-corrected chi connectivity index (χ2v) is 5.14. The Morgan fingerprint density at radius 1 is 1.54 bits per heavy atom. The molecule has 1 fully saturated rings. The number of esters is 1. The van der Waals surface area contributed by atoms with Crippen molar-refractivity contribution < 1.29 is 14.3 Å². The standard InChI is InChI=1S/C9H14O3S/c1-5-4-7(10)8(6(2)13-5)9(11)12-3/h5-6,8H,4H2,1-3H3/t5-,6-,8+/m1/s1. The summed E-state index contributed by atoms with van der Waals surface area (Å²) in [4.78, 5) is 22.7. The summed E-state index contributed by atoms with van der Waals surface area (Å²) in [6.07, 6.45) is 0.481. The molecule has 74 valence electrons. The molecule has 0 aromatic heterocycles. The summed E-state index contributed by atoms with van der Waals surface area (Å²) < 4.78 is 4.59. The summed E-state index contributed by atoms with van der Waals surface area (Å²) in [5.41, 5.74) is 0. The second-order valence-electron chi connectivity index (χ2n) is 3.32. The molecule has 0 saturated carbocycles. The number of methoxy groups -OCH3 is 1. The first-order valence-electron chi connectivity index (χ1n) is 4.32. The van der Waals surface area contributed by atoms with Crippen molar-refractivity contribution in [3.05, 3.63) is 0 Å². The van der Waals surface area contributed by atoms with Gasteiger partial charge in [-0.3, -0.25) is 9.59 Å². The molecule has 0 bridgehead atoms. The third kappa shape index (κ3) is 2.24. The molecule has 0 aromatic rings. The number of rotatable bonds is 1. The van der Waals surface area contributed by atoms with Gasteiger partial charge in [0.25, 0.3) is 0 Å². The van der Waals surface area contributed by atoms with Gasteiger partial charge >= 0.3 is 5.97 Å². The predicted molar refractivity (Wildman–Crippen MR) is 51.6 cm³/mol. The average molecular weight is 202 g/mol. The van der Waals surface area contributed by atoms with E-state index < -0.39 is 11.9 Å². The van der Waals surface area contributed by atoms with Crippen molar-refractivity contribution in [1.29, 1.82) is 0 Å². The summed E-state index contributed by atoms with van der Waals surface area (Å²) in [5.74, 6) is -0.922. The molecule has 0 unspecified atom stereocenters. The Labute approximate surface area is 82.2 Å². The number of Topliss-reactive ketones (excluding diaryl/α,β-unsaturated/α-hetero) is 1. The third-order valence-electron chi connectivity index (χ3n) is 2.21. The number of thioether (sulfide) groups is 1. The zero-order valence-electron chi connectivity index (χ0n) is 8.07. The maximum atomic E-state index is 11.5. The quantitative estimate of drug-likeness (QED) is 0.474. The summed E-state index contributed by atoms with van der Waals surface area (Å²) in [7, 11) is 1.32. The minimum atomic E-state index is -0.550. The highest BCUT2D eigenvalue weighted by Crippen LogP contribution is 2.33. The van der Waals surface area contributed by atoms with E-state index in [0.29, 0.717) is 11.7 Å². The molecule has 1 aliphatic heterocycles. The lowest BCUT2D eigenvalue weighted by Crippen LogP contribution is -2.38. The molecule has 1 rings (SSSR count). The summed E-state index contributed by atoms with van der Waals surface area (Å²) in [6.45, 7) is 3.91. The van der Waals surface area contributed by atoms with Crippen LogP contribution in [-0.4, -0.2) is 29.4 Å². The van der Waals surface area contributed by atoms with E-state index in [1.165, 1.54) is 7.11 Å². The SMILES string of the molecule is COC(=O)[C@@H]1C(=O)C[C@@H](C)S[C@@H]1C. The molecule has 0 N–H and O–H groups in total. The third-order valence-corrected chi connectivity index (χ3v) is 3.54. The molecular weight excluding hydrogens is 188 g/mol. The first kappa shape index (κ1) is 10.6. The Balaban J connectivity index is 2.72. The van der Waals surface area contributed by atoms with E-state index in [4.69, 9.17) is 0 Å². The van der Waals surface area contributed by atoms with Crippen molar-refractivity contribution in [3.63, 3.8) is 0 Å². The van der Waals surface area contributed by atoms with Crippen LogP contribution in [0.15, 0.2) is 0 Å². The van der Waals surface area contributed by atoms with E-state index in [2.05, 4.69) is 4.74 Å². The van der Waals surface area contributed by atoms with E-state index in [9.17, 15) is 9.59 Å². The van der Waals surface area contributed by atoms with Gasteiger partial charge in [-0.15, -0.1) is 0 Å². The van der Waals surface area contributed by atoms with Crippen LogP contribution in [0.1, 0.15) is 20.3 Å². The van der Waals surface area contributed by atoms with Crippen molar-refractivity contribution in [1.82, 2.24) is 0 Å². The van der Waals surface area contributed by atoms with Crippen molar-refractivity contribution in [3.8, 4) is 0 Å². The van der Waals surface area contributed by atoms with Crippen molar-refractivity contribution >= 4 is 23.5 Å². The first-order chi connectivity index (χ1) is 6.06. The van der Waals surface area contributed by atoms with E-state index >= 15 is 0 Å². The maximum absolute atomic E-state index is 11.5. The van der Waals surface area contributed by atoms with Gasteiger partial charge in [-0.1, -0.05) is 13.8 Å². The van der Waals surface area contributed by atoms with Gasteiger partial charge in [0.1, 0.15) is 11.7 Å². The van der Waals surface area contributed by atoms with Crippen LogP contribution in [0.3, 0.4) is 0 Å². The number of carbonyl (C=O) groups excluding carboxylic acids is 2. The first-order valence-corrected chi connectivity index (χ1v) is 5.26. The van der Waals surface area contributed by atoms with Gasteiger partial charge in [-0.2, -0.15) is 11.8 Å². The Kier molecular flexibility index (Phi) is 3.36. The van der Waals surface area contributed by atoms with Crippen molar-refractivity contribution in [2.24, 2.45) is 5.92 Å². The fraction of sp³-hybridized carbons (Fsp3) is 0.778.